The molecule has 0 unspecified atom stereocenters. The lowest BCUT2D eigenvalue weighted by Gasteiger charge is -2.07. The van der Waals surface area contributed by atoms with Gasteiger partial charge >= 0.3 is 6.18 Å². The zero-order valence-electron chi connectivity index (χ0n) is 9.61. The van der Waals surface area contributed by atoms with E-state index in [0.717, 1.165) is 0 Å². The van der Waals surface area contributed by atoms with Crippen LogP contribution in [0.4, 0.5) is 13.2 Å². The summed E-state index contributed by atoms with van der Waals surface area (Å²) >= 11 is 0. The van der Waals surface area contributed by atoms with E-state index in [1.54, 1.807) is 24.3 Å². The van der Waals surface area contributed by atoms with E-state index in [1.165, 1.54) is 24.5 Å². The number of hydrogen-bond donors (Lipinski definition) is 0. The number of aromatic nitrogens is 1. The van der Waals surface area contributed by atoms with Crippen molar-refractivity contribution in [1.29, 1.82) is 0 Å². The maximum atomic E-state index is 13.2. The highest BCUT2D eigenvalue weighted by Gasteiger charge is 2.38. The maximum Gasteiger partial charge on any atom is 0.420 e. The Bertz CT molecular complexity index is 716. The average molecular weight is 263 g/mol. The van der Waals surface area contributed by atoms with Crippen molar-refractivity contribution in [2.24, 2.45) is 0 Å². The van der Waals surface area contributed by atoms with Gasteiger partial charge in [0.05, 0.1) is 0 Å². The van der Waals surface area contributed by atoms with E-state index < -0.39 is 11.7 Å². The van der Waals surface area contributed by atoms with Gasteiger partial charge in [0.15, 0.2) is 0 Å². The summed E-state index contributed by atoms with van der Waals surface area (Å²) < 4.78 is 45.0. The molecule has 0 aliphatic heterocycles. The van der Waals surface area contributed by atoms with Crippen LogP contribution in [0.25, 0.3) is 22.3 Å². The molecule has 5 heteroatoms. The van der Waals surface area contributed by atoms with Crippen LogP contribution in [0.2, 0.25) is 0 Å². The summed E-state index contributed by atoms with van der Waals surface area (Å²) in [5.41, 5.74) is -0.226. The lowest BCUT2D eigenvalue weighted by molar-refractivity contribution is -0.136. The van der Waals surface area contributed by atoms with Gasteiger partial charge in [0.25, 0.3) is 0 Å². The van der Waals surface area contributed by atoms with Crippen LogP contribution in [0, 0.1) is 0 Å². The van der Waals surface area contributed by atoms with Gasteiger partial charge in [0.2, 0.25) is 0 Å². The Kier molecular flexibility index (Phi) is 2.55. The van der Waals surface area contributed by atoms with Crippen molar-refractivity contribution in [2.45, 2.75) is 6.18 Å². The maximum absolute atomic E-state index is 13.2. The van der Waals surface area contributed by atoms with Gasteiger partial charge in [-0.1, -0.05) is 18.2 Å². The average Bonchev–Trinajstić information content (AvgIpc) is 2.79. The smallest absolute Gasteiger partial charge is 0.420 e. The second kappa shape index (κ2) is 4.12. The Hall–Kier alpha value is -2.30. The SMILES string of the molecule is FC(F)(F)c1c(-c2cccnc2)oc2ccccc12. The standard InChI is InChI=1S/C14H8F3NO/c15-14(16,17)12-10-5-1-2-6-11(10)19-13(12)9-4-3-7-18-8-9/h1-8H. The van der Waals surface area contributed by atoms with Crippen LogP contribution in [0.1, 0.15) is 5.56 Å². The van der Waals surface area contributed by atoms with E-state index >= 15 is 0 Å². The van der Waals surface area contributed by atoms with Crippen molar-refractivity contribution in [2.75, 3.05) is 0 Å². The summed E-state index contributed by atoms with van der Waals surface area (Å²) in [7, 11) is 0. The lowest BCUT2D eigenvalue weighted by Crippen LogP contribution is -2.05. The molecule has 0 radical (unpaired) electrons. The number of alkyl halides is 3. The number of rotatable bonds is 1. The minimum Gasteiger partial charge on any atom is -0.455 e. The first-order valence-corrected chi connectivity index (χ1v) is 5.56. The molecule has 0 aliphatic rings. The summed E-state index contributed by atoms with van der Waals surface area (Å²) in [6.07, 6.45) is -1.62. The van der Waals surface area contributed by atoms with Gasteiger partial charge in [-0.3, -0.25) is 4.98 Å². The molecule has 0 amide bonds. The second-order valence-electron chi connectivity index (χ2n) is 4.04. The molecule has 0 spiro atoms. The monoisotopic (exact) mass is 263 g/mol. The first-order chi connectivity index (χ1) is 9.07. The number of pyridine rings is 1. The second-order valence-corrected chi connectivity index (χ2v) is 4.04. The molecule has 19 heavy (non-hydrogen) atoms. The highest BCUT2D eigenvalue weighted by Crippen LogP contribution is 2.43. The Balaban J connectivity index is 2.36. The van der Waals surface area contributed by atoms with E-state index in [-0.39, 0.29) is 16.7 Å². The molecular formula is C14H8F3NO. The van der Waals surface area contributed by atoms with Crippen LogP contribution >= 0.6 is 0 Å². The van der Waals surface area contributed by atoms with Gasteiger partial charge in [-0.05, 0) is 18.2 Å². The van der Waals surface area contributed by atoms with Gasteiger partial charge in [0.1, 0.15) is 16.9 Å². The van der Waals surface area contributed by atoms with Crippen LogP contribution < -0.4 is 0 Å². The summed E-state index contributed by atoms with van der Waals surface area (Å²) in [5.74, 6) is -0.193. The Morgan fingerprint density at radius 1 is 1.00 bits per heavy atom. The third-order valence-corrected chi connectivity index (χ3v) is 2.80. The van der Waals surface area contributed by atoms with Crippen LogP contribution in [-0.2, 0) is 6.18 Å². The topological polar surface area (TPSA) is 26.0 Å². The van der Waals surface area contributed by atoms with Crippen LogP contribution in [0.5, 0.6) is 0 Å². The van der Waals surface area contributed by atoms with E-state index in [2.05, 4.69) is 4.98 Å². The predicted octanol–water partition coefficient (Wildman–Crippen LogP) is 4.51. The fraction of sp³-hybridized carbons (Fsp3) is 0.0714. The molecule has 0 aliphatic carbocycles. The molecule has 0 fully saturated rings. The van der Waals surface area contributed by atoms with Crippen molar-refractivity contribution in [1.82, 2.24) is 4.98 Å². The molecule has 96 valence electrons. The van der Waals surface area contributed by atoms with E-state index in [1.807, 2.05) is 0 Å². The molecule has 2 nitrogen and oxygen atoms in total. The van der Waals surface area contributed by atoms with Gasteiger partial charge in [0, 0.05) is 23.3 Å². The minimum absolute atomic E-state index is 0.0638. The third-order valence-electron chi connectivity index (χ3n) is 2.80. The summed E-state index contributed by atoms with van der Waals surface area (Å²) in [6.45, 7) is 0. The fourth-order valence-corrected chi connectivity index (χ4v) is 2.03. The number of hydrogen-bond acceptors (Lipinski definition) is 2. The molecule has 3 rings (SSSR count). The number of nitrogens with zero attached hydrogens (tertiary/aromatic N) is 1. The first-order valence-electron chi connectivity index (χ1n) is 5.56. The molecule has 0 N–H and O–H groups in total. The van der Waals surface area contributed by atoms with Crippen molar-refractivity contribution in [3.8, 4) is 11.3 Å². The predicted molar refractivity (Wildman–Crippen MR) is 64.4 cm³/mol. The molecule has 0 bridgehead atoms. The highest BCUT2D eigenvalue weighted by molar-refractivity contribution is 5.88. The number of para-hydroxylation sites is 1. The van der Waals surface area contributed by atoms with Gasteiger partial charge in [-0.25, -0.2) is 0 Å². The summed E-state index contributed by atoms with van der Waals surface area (Å²) in [5, 5.41) is 0.0638. The summed E-state index contributed by atoms with van der Waals surface area (Å²) in [6, 6.07) is 9.23. The first kappa shape index (κ1) is 11.8. The minimum atomic E-state index is -4.47. The fourth-order valence-electron chi connectivity index (χ4n) is 2.03. The Morgan fingerprint density at radius 3 is 2.47 bits per heavy atom. The number of furan rings is 1. The largest absolute Gasteiger partial charge is 0.455 e. The van der Waals surface area contributed by atoms with Crippen LogP contribution in [-0.4, -0.2) is 4.98 Å². The van der Waals surface area contributed by atoms with Crippen molar-refractivity contribution >= 4 is 11.0 Å². The van der Waals surface area contributed by atoms with Gasteiger partial charge < -0.3 is 4.42 Å². The molecule has 0 saturated carbocycles. The zero-order valence-corrected chi connectivity index (χ0v) is 9.61. The highest BCUT2D eigenvalue weighted by atomic mass is 19.4. The lowest BCUT2D eigenvalue weighted by atomic mass is 10.1. The Morgan fingerprint density at radius 2 is 1.79 bits per heavy atom. The van der Waals surface area contributed by atoms with Gasteiger partial charge in [-0.2, -0.15) is 13.2 Å². The van der Waals surface area contributed by atoms with Crippen molar-refractivity contribution < 1.29 is 17.6 Å². The number of fused-ring (bicyclic) bond motifs is 1. The zero-order chi connectivity index (χ0) is 13.5. The molecule has 2 heterocycles. The molecule has 1 aromatic carbocycles. The number of halogens is 3. The Labute approximate surface area is 106 Å². The van der Waals surface area contributed by atoms with Crippen LogP contribution in [0.3, 0.4) is 0 Å². The van der Waals surface area contributed by atoms with E-state index in [9.17, 15) is 13.2 Å². The molecular weight excluding hydrogens is 255 g/mol. The van der Waals surface area contributed by atoms with Crippen molar-refractivity contribution in [3.63, 3.8) is 0 Å². The third kappa shape index (κ3) is 1.97. The summed E-state index contributed by atoms with van der Waals surface area (Å²) in [4.78, 5) is 3.83. The molecule has 2 aromatic heterocycles. The molecule has 0 atom stereocenters. The number of benzene rings is 1. The van der Waals surface area contributed by atoms with Crippen molar-refractivity contribution in [3.05, 3.63) is 54.4 Å². The molecule has 3 aromatic rings. The van der Waals surface area contributed by atoms with E-state index in [4.69, 9.17) is 4.42 Å². The quantitative estimate of drug-likeness (QED) is 0.645. The van der Waals surface area contributed by atoms with Crippen LogP contribution in [0.15, 0.2) is 53.2 Å². The normalized spacial score (nSPS) is 11.9. The van der Waals surface area contributed by atoms with E-state index in [0.29, 0.717) is 5.56 Å². The molecule has 0 saturated heterocycles. The van der Waals surface area contributed by atoms with Gasteiger partial charge in [-0.15, -0.1) is 0 Å².